The highest BCUT2D eigenvalue weighted by molar-refractivity contribution is 7.89. The number of hydrogen-bond donors (Lipinski definition) is 1. The van der Waals surface area contributed by atoms with Gasteiger partial charge in [0, 0.05) is 37.0 Å². The quantitative estimate of drug-likeness (QED) is 0.151. The standard InChI is InChI=1S/C37H45ClN4O4S/c1-39-22-23-40(2)34(43)27-41-33-25-31(37(44)42(47(45,46)24-12-21-38)26-28-13-6-3-7-14-28)19-20-32(33)35(29-15-8-4-9-16-29)36(41)30-17-10-5-11-18-30/h3,5-7,10-11,13-14,17-20,25,29,39H,4,8-9,12,15-16,21-24,26-27H2,1-2H3. The van der Waals surface area contributed by atoms with E-state index < -0.39 is 15.9 Å². The molecule has 2 amide bonds. The van der Waals surface area contributed by atoms with Crippen molar-refractivity contribution in [3.63, 3.8) is 0 Å². The lowest BCUT2D eigenvalue weighted by Gasteiger charge is -2.24. The number of benzene rings is 3. The monoisotopic (exact) mass is 676 g/mol. The van der Waals surface area contributed by atoms with Gasteiger partial charge in [0.15, 0.2) is 0 Å². The minimum absolute atomic E-state index is 0.0457. The molecule has 1 N–H and O–H groups in total. The van der Waals surface area contributed by atoms with Crippen molar-refractivity contribution in [3.8, 4) is 11.3 Å². The van der Waals surface area contributed by atoms with Crippen LogP contribution in [0, 0.1) is 0 Å². The van der Waals surface area contributed by atoms with Crippen molar-refractivity contribution in [2.24, 2.45) is 0 Å². The molecule has 10 heteroatoms. The van der Waals surface area contributed by atoms with Crippen LogP contribution in [0.3, 0.4) is 0 Å². The zero-order chi connectivity index (χ0) is 33.4. The fraction of sp³-hybridized carbons (Fsp3) is 0.405. The molecule has 1 fully saturated rings. The van der Waals surface area contributed by atoms with Crippen LogP contribution in [0.2, 0.25) is 0 Å². The van der Waals surface area contributed by atoms with Crippen LogP contribution in [0.15, 0.2) is 78.9 Å². The lowest BCUT2D eigenvalue weighted by Crippen LogP contribution is -2.38. The average Bonchev–Trinajstić information content (AvgIpc) is 3.42. The van der Waals surface area contributed by atoms with E-state index >= 15 is 0 Å². The normalized spacial score (nSPS) is 13.9. The molecule has 1 aliphatic rings. The first-order valence-corrected chi connectivity index (χ1v) is 18.6. The molecule has 0 aliphatic heterocycles. The number of likely N-dealkylation sites (N-methyl/N-ethyl adjacent to an activating group) is 2. The molecule has 1 saturated carbocycles. The number of carbonyl (C=O) groups excluding carboxylic acids is 2. The molecule has 4 aromatic rings. The highest BCUT2D eigenvalue weighted by Gasteiger charge is 2.31. The maximum atomic E-state index is 14.2. The SMILES string of the molecule is CNCCN(C)C(=O)Cn1c(-c2ccccc2)c(C2CCCCC2)c2ccc(C(=O)N(Cc3ccccc3)S(=O)(=O)CCCCl)cc21. The molecule has 0 saturated heterocycles. The highest BCUT2D eigenvalue weighted by atomic mass is 35.5. The first-order chi connectivity index (χ1) is 22.7. The lowest BCUT2D eigenvalue weighted by atomic mass is 9.82. The first kappa shape index (κ1) is 34.7. The molecular weight excluding hydrogens is 632 g/mol. The second kappa shape index (κ2) is 16.0. The molecule has 1 heterocycles. The number of amides is 2. The highest BCUT2D eigenvalue weighted by Crippen LogP contribution is 2.44. The van der Waals surface area contributed by atoms with Gasteiger partial charge in [0.1, 0.15) is 6.54 Å². The largest absolute Gasteiger partial charge is 0.343 e. The summed E-state index contributed by atoms with van der Waals surface area (Å²) in [7, 11) is -0.308. The number of aromatic nitrogens is 1. The van der Waals surface area contributed by atoms with E-state index in [0.717, 1.165) is 52.1 Å². The van der Waals surface area contributed by atoms with Crippen LogP contribution < -0.4 is 5.32 Å². The molecule has 47 heavy (non-hydrogen) atoms. The van der Waals surface area contributed by atoms with Crippen LogP contribution in [-0.4, -0.2) is 72.8 Å². The predicted octanol–water partition coefficient (Wildman–Crippen LogP) is 6.63. The Bertz CT molecular complexity index is 1770. The molecule has 0 atom stereocenters. The summed E-state index contributed by atoms with van der Waals surface area (Å²) in [5, 5.41) is 4.10. The topological polar surface area (TPSA) is 91.7 Å². The molecular formula is C37H45ClN4O4S. The Kier molecular flexibility index (Phi) is 11.8. The number of halogens is 1. The lowest BCUT2D eigenvalue weighted by molar-refractivity contribution is -0.130. The zero-order valence-electron chi connectivity index (χ0n) is 27.3. The van der Waals surface area contributed by atoms with Gasteiger partial charge in [-0.15, -0.1) is 11.6 Å². The maximum absolute atomic E-state index is 14.2. The minimum Gasteiger partial charge on any atom is -0.343 e. The first-order valence-electron chi connectivity index (χ1n) is 16.5. The number of alkyl halides is 1. The van der Waals surface area contributed by atoms with Gasteiger partial charge in [-0.3, -0.25) is 9.59 Å². The summed E-state index contributed by atoms with van der Waals surface area (Å²) in [6.45, 7) is 1.23. The Morgan fingerprint density at radius 3 is 2.30 bits per heavy atom. The van der Waals surface area contributed by atoms with E-state index in [9.17, 15) is 18.0 Å². The van der Waals surface area contributed by atoms with Gasteiger partial charge in [0.2, 0.25) is 15.9 Å². The molecule has 8 nitrogen and oxygen atoms in total. The van der Waals surface area contributed by atoms with Gasteiger partial charge in [-0.05, 0) is 61.1 Å². The van der Waals surface area contributed by atoms with Gasteiger partial charge in [-0.2, -0.15) is 0 Å². The Hall–Kier alpha value is -3.66. The minimum atomic E-state index is -3.97. The van der Waals surface area contributed by atoms with Crippen LogP contribution >= 0.6 is 11.6 Å². The zero-order valence-corrected chi connectivity index (χ0v) is 28.9. The maximum Gasteiger partial charge on any atom is 0.267 e. The third kappa shape index (κ3) is 8.08. The summed E-state index contributed by atoms with van der Waals surface area (Å²) >= 11 is 5.87. The van der Waals surface area contributed by atoms with Crippen LogP contribution in [0.5, 0.6) is 0 Å². The second-order valence-electron chi connectivity index (χ2n) is 12.4. The molecule has 0 radical (unpaired) electrons. The molecule has 5 rings (SSSR count). The third-order valence-corrected chi connectivity index (χ3v) is 11.1. The summed E-state index contributed by atoms with van der Waals surface area (Å²) in [5.74, 6) is -0.390. The number of nitrogens with zero attached hydrogens (tertiary/aromatic N) is 3. The van der Waals surface area contributed by atoms with Gasteiger partial charge < -0.3 is 14.8 Å². The number of nitrogens with one attached hydrogen (secondary N) is 1. The van der Waals surface area contributed by atoms with Crippen molar-refractivity contribution in [2.45, 2.75) is 57.5 Å². The number of sulfonamides is 1. The van der Waals surface area contributed by atoms with Crippen molar-refractivity contribution < 1.29 is 18.0 Å². The van der Waals surface area contributed by atoms with E-state index in [2.05, 4.69) is 17.4 Å². The second-order valence-corrected chi connectivity index (χ2v) is 14.7. The summed E-state index contributed by atoms with van der Waals surface area (Å²) < 4.78 is 30.2. The predicted molar refractivity (Wildman–Crippen MR) is 190 cm³/mol. The van der Waals surface area contributed by atoms with Crippen molar-refractivity contribution in [1.82, 2.24) is 19.1 Å². The van der Waals surface area contributed by atoms with E-state index in [0.29, 0.717) is 24.6 Å². The molecule has 250 valence electrons. The third-order valence-electron chi connectivity index (χ3n) is 9.09. The van der Waals surface area contributed by atoms with Crippen LogP contribution in [0.1, 0.15) is 65.9 Å². The Morgan fingerprint density at radius 1 is 0.957 bits per heavy atom. The van der Waals surface area contributed by atoms with Gasteiger partial charge in [-0.1, -0.05) is 86.0 Å². The van der Waals surface area contributed by atoms with Crippen LogP contribution in [0.25, 0.3) is 22.2 Å². The number of hydrogen-bond acceptors (Lipinski definition) is 5. The molecule has 1 aliphatic carbocycles. The molecule has 0 spiro atoms. The van der Waals surface area contributed by atoms with Crippen LogP contribution in [0.4, 0.5) is 0 Å². The van der Waals surface area contributed by atoms with Crippen molar-refractivity contribution >= 4 is 44.3 Å². The van der Waals surface area contributed by atoms with E-state index in [1.54, 1.807) is 24.1 Å². The van der Waals surface area contributed by atoms with E-state index in [1.165, 1.54) is 12.0 Å². The Labute approximate surface area is 283 Å². The Morgan fingerprint density at radius 2 is 1.64 bits per heavy atom. The van der Waals surface area contributed by atoms with Crippen LogP contribution in [-0.2, 0) is 27.9 Å². The van der Waals surface area contributed by atoms with E-state index in [1.807, 2.05) is 66.2 Å². The summed E-state index contributed by atoms with van der Waals surface area (Å²) in [4.78, 5) is 29.7. The summed E-state index contributed by atoms with van der Waals surface area (Å²) in [6.07, 6.45) is 5.83. The van der Waals surface area contributed by atoms with Gasteiger partial charge in [0.25, 0.3) is 5.91 Å². The summed E-state index contributed by atoms with van der Waals surface area (Å²) in [6, 6.07) is 24.7. The molecule has 0 unspecified atom stereocenters. The Balaban J connectivity index is 1.68. The fourth-order valence-electron chi connectivity index (χ4n) is 6.58. The van der Waals surface area contributed by atoms with Crippen molar-refractivity contribution in [2.75, 3.05) is 38.8 Å². The fourth-order valence-corrected chi connectivity index (χ4v) is 8.31. The van der Waals surface area contributed by atoms with Gasteiger partial charge in [-0.25, -0.2) is 12.7 Å². The number of fused-ring (bicyclic) bond motifs is 1. The summed E-state index contributed by atoms with van der Waals surface area (Å²) in [5.41, 5.74) is 4.92. The van der Waals surface area contributed by atoms with Gasteiger partial charge >= 0.3 is 0 Å². The number of carbonyl (C=O) groups is 2. The molecule has 3 aromatic carbocycles. The number of rotatable bonds is 14. The van der Waals surface area contributed by atoms with Crippen molar-refractivity contribution in [1.29, 1.82) is 0 Å². The average molecular weight is 677 g/mol. The van der Waals surface area contributed by atoms with E-state index in [-0.39, 0.29) is 42.6 Å². The van der Waals surface area contributed by atoms with E-state index in [4.69, 9.17) is 11.6 Å². The molecule has 1 aromatic heterocycles. The van der Waals surface area contributed by atoms with Gasteiger partial charge in [0.05, 0.1) is 23.5 Å². The van der Waals surface area contributed by atoms with Crippen molar-refractivity contribution in [3.05, 3.63) is 95.6 Å². The molecule has 0 bridgehead atoms. The smallest absolute Gasteiger partial charge is 0.267 e.